The van der Waals surface area contributed by atoms with Crippen LogP contribution in [-0.4, -0.2) is 5.16 Å². The summed E-state index contributed by atoms with van der Waals surface area (Å²) in [5.41, 5.74) is 8.24. The minimum Gasteiger partial charge on any atom is -0.359 e. The second-order valence-electron chi connectivity index (χ2n) is 4.09. The molecule has 1 aromatic heterocycles. The van der Waals surface area contributed by atoms with Crippen molar-refractivity contribution in [2.45, 2.75) is 26.3 Å². The van der Waals surface area contributed by atoms with Crippen LogP contribution in [0.25, 0.3) is 11.3 Å². The van der Waals surface area contributed by atoms with Gasteiger partial charge < -0.3 is 10.3 Å². The maximum absolute atomic E-state index is 13.0. The molecular weight excluding hydrogens is 219 g/mol. The van der Waals surface area contributed by atoms with E-state index < -0.39 is 0 Å². The Bertz CT molecular complexity index is 522. The molecule has 4 heteroatoms. The first-order chi connectivity index (χ1) is 8.11. The third-order valence-electron chi connectivity index (χ3n) is 2.80. The first-order valence-electron chi connectivity index (χ1n) is 5.60. The van der Waals surface area contributed by atoms with Crippen LogP contribution in [0, 0.1) is 12.7 Å². The van der Waals surface area contributed by atoms with Crippen molar-refractivity contribution in [1.82, 2.24) is 5.16 Å². The van der Waals surface area contributed by atoms with E-state index in [1.807, 2.05) is 19.9 Å². The molecule has 1 unspecified atom stereocenters. The van der Waals surface area contributed by atoms with Gasteiger partial charge in [-0.15, -0.1) is 0 Å². The predicted molar refractivity (Wildman–Crippen MR) is 63.9 cm³/mol. The molecule has 0 radical (unpaired) electrons. The van der Waals surface area contributed by atoms with Gasteiger partial charge in [0.1, 0.15) is 11.5 Å². The van der Waals surface area contributed by atoms with Crippen LogP contribution in [0.15, 0.2) is 28.8 Å². The molecule has 0 aliphatic carbocycles. The Morgan fingerprint density at radius 1 is 1.41 bits per heavy atom. The lowest BCUT2D eigenvalue weighted by Gasteiger charge is -2.02. The largest absolute Gasteiger partial charge is 0.359 e. The monoisotopic (exact) mass is 234 g/mol. The van der Waals surface area contributed by atoms with E-state index in [9.17, 15) is 4.39 Å². The zero-order chi connectivity index (χ0) is 12.4. The van der Waals surface area contributed by atoms with Gasteiger partial charge in [0.05, 0.1) is 6.04 Å². The summed E-state index contributed by atoms with van der Waals surface area (Å²) >= 11 is 0. The van der Waals surface area contributed by atoms with Crippen molar-refractivity contribution in [3.05, 3.63) is 41.4 Å². The number of halogens is 1. The molecule has 17 heavy (non-hydrogen) atoms. The van der Waals surface area contributed by atoms with Crippen LogP contribution in [0.5, 0.6) is 0 Å². The molecule has 1 heterocycles. The van der Waals surface area contributed by atoms with Crippen LogP contribution in [-0.2, 0) is 0 Å². The van der Waals surface area contributed by atoms with E-state index in [1.165, 1.54) is 12.1 Å². The number of aryl methyl sites for hydroxylation is 1. The predicted octanol–water partition coefficient (Wildman–Crippen LogP) is 3.20. The standard InChI is InChI=1S/C13H15FN2O/c1-3-11(15)13-7-12(16-17-13)10-5-4-9(14)6-8(10)2/h4-7,11H,3,15H2,1-2H3. The molecule has 0 fully saturated rings. The van der Waals surface area contributed by atoms with E-state index in [2.05, 4.69) is 5.16 Å². The topological polar surface area (TPSA) is 52.0 Å². The van der Waals surface area contributed by atoms with Crippen molar-refractivity contribution in [1.29, 1.82) is 0 Å². The van der Waals surface area contributed by atoms with Crippen molar-refractivity contribution in [2.24, 2.45) is 5.73 Å². The molecule has 2 rings (SSSR count). The third kappa shape index (κ3) is 2.36. The Labute approximate surface area is 99.4 Å². The lowest BCUT2D eigenvalue weighted by Crippen LogP contribution is -2.06. The number of rotatable bonds is 3. The van der Waals surface area contributed by atoms with E-state index in [0.29, 0.717) is 11.5 Å². The summed E-state index contributed by atoms with van der Waals surface area (Å²) in [7, 11) is 0. The Kier molecular flexibility index (Phi) is 3.24. The molecule has 0 amide bonds. The quantitative estimate of drug-likeness (QED) is 0.887. The van der Waals surface area contributed by atoms with Gasteiger partial charge in [0.2, 0.25) is 0 Å². The molecule has 90 valence electrons. The average Bonchev–Trinajstić information content (AvgIpc) is 2.77. The van der Waals surface area contributed by atoms with E-state index in [0.717, 1.165) is 17.5 Å². The molecule has 0 spiro atoms. The SMILES string of the molecule is CCC(N)c1cc(-c2ccc(F)cc2C)no1. The maximum Gasteiger partial charge on any atom is 0.154 e. The van der Waals surface area contributed by atoms with Crippen LogP contribution in [0.4, 0.5) is 4.39 Å². The summed E-state index contributed by atoms with van der Waals surface area (Å²) in [6.45, 7) is 3.82. The minimum atomic E-state index is -0.250. The molecule has 0 bridgehead atoms. The molecular formula is C13H15FN2O. The van der Waals surface area contributed by atoms with Gasteiger partial charge in [-0.2, -0.15) is 0 Å². The highest BCUT2D eigenvalue weighted by atomic mass is 19.1. The van der Waals surface area contributed by atoms with Crippen molar-refractivity contribution >= 4 is 0 Å². The lowest BCUT2D eigenvalue weighted by molar-refractivity contribution is 0.360. The van der Waals surface area contributed by atoms with Gasteiger partial charge in [-0.05, 0) is 37.1 Å². The van der Waals surface area contributed by atoms with E-state index in [-0.39, 0.29) is 11.9 Å². The zero-order valence-corrected chi connectivity index (χ0v) is 9.90. The Morgan fingerprint density at radius 2 is 2.18 bits per heavy atom. The third-order valence-corrected chi connectivity index (χ3v) is 2.80. The minimum absolute atomic E-state index is 0.142. The molecule has 2 N–H and O–H groups in total. The normalized spacial score (nSPS) is 12.7. The summed E-state index contributed by atoms with van der Waals surface area (Å²) < 4.78 is 18.2. The molecule has 3 nitrogen and oxygen atoms in total. The summed E-state index contributed by atoms with van der Waals surface area (Å²) in [6.07, 6.45) is 0.789. The number of nitrogens with two attached hydrogens (primary N) is 1. The van der Waals surface area contributed by atoms with Gasteiger partial charge in [0.15, 0.2) is 5.76 Å². The van der Waals surface area contributed by atoms with Crippen molar-refractivity contribution in [3.8, 4) is 11.3 Å². The van der Waals surface area contributed by atoms with Gasteiger partial charge in [0, 0.05) is 11.6 Å². The lowest BCUT2D eigenvalue weighted by atomic mass is 10.0. The van der Waals surface area contributed by atoms with Crippen molar-refractivity contribution < 1.29 is 8.91 Å². The Hall–Kier alpha value is -1.68. The molecule has 0 saturated heterocycles. The van der Waals surface area contributed by atoms with Crippen LogP contribution < -0.4 is 5.73 Å². The van der Waals surface area contributed by atoms with Gasteiger partial charge in [-0.25, -0.2) is 4.39 Å². The van der Waals surface area contributed by atoms with Crippen LogP contribution in [0.1, 0.15) is 30.7 Å². The van der Waals surface area contributed by atoms with Gasteiger partial charge in [-0.1, -0.05) is 12.1 Å². The highest BCUT2D eigenvalue weighted by molar-refractivity contribution is 5.63. The fourth-order valence-electron chi connectivity index (χ4n) is 1.71. The summed E-state index contributed by atoms with van der Waals surface area (Å²) in [5.74, 6) is 0.409. The molecule has 1 atom stereocenters. The highest BCUT2D eigenvalue weighted by Gasteiger charge is 2.13. The first kappa shape index (κ1) is 11.8. The number of hydrogen-bond donors (Lipinski definition) is 1. The van der Waals surface area contributed by atoms with Gasteiger partial charge in [-0.3, -0.25) is 0 Å². The molecule has 0 aliphatic rings. The molecule has 0 saturated carbocycles. The number of nitrogens with zero attached hydrogens (tertiary/aromatic N) is 1. The maximum atomic E-state index is 13.0. The second kappa shape index (κ2) is 4.67. The van der Waals surface area contributed by atoms with Crippen molar-refractivity contribution in [3.63, 3.8) is 0 Å². The zero-order valence-electron chi connectivity index (χ0n) is 9.90. The highest BCUT2D eigenvalue weighted by Crippen LogP contribution is 2.25. The van der Waals surface area contributed by atoms with Gasteiger partial charge in [0.25, 0.3) is 0 Å². The summed E-state index contributed by atoms with van der Waals surface area (Å²) in [5, 5.41) is 3.97. The molecule has 1 aromatic carbocycles. The average molecular weight is 234 g/mol. The number of benzene rings is 1. The molecule has 0 aliphatic heterocycles. The van der Waals surface area contributed by atoms with Gasteiger partial charge >= 0.3 is 0 Å². The smallest absolute Gasteiger partial charge is 0.154 e. The van der Waals surface area contributed by atoms with Crippen LogP contribution >= 0.6 is 0 Å². The fraction of sp³-hybridized carbons (Fsp3) is 0.308. The van der Waals surface area contributed by atoms with Crippen molar-refractivity contribution in [2.75, 3.05) is 0 Å². The van der Waals surface area contributed by atoms with Crippen LogP contribution in [0.3, 0.4) is 0 Å². The number of aromatic nitrogens is 1. The summed E-state index contributed by atoms with van der Waals surface area (Å²) in [4.78, 5) is 0. The van der Waals surface area contributed by atoms with E-state index >= 15 is 0 Å². The van der Waals surface area contributed by atoms with Crippen LogP contribution in [0.2, 0.25) is 0 Å². The summed E-state index contributed by atoms with van der Waals surface area (Å²) in [6, 6.07) is 6.26. The van der Waals surface area contributed by atoms with E-state index in [1.54, 1.807) is 6.07 Å². The number of hydrogen-bond acceptors (Lipinski definition) is 3. The van der Waals surface area contributed by atoms with E-state index in [4.69, 9.17) is 10.3 Å². The Balaban J connectivity index is 2.37. The second-order valence-corrected chi connectivity index (χ2v) is 4.09. The first-order valence-corrected chi connectivity index (χ1v) is 5.60. The molecule has 2 aromatic rings. The Morgan fingerprint density at radius 3 is 2.82 bits per heavy atom. The fourth-order valence-corrected chi connectivity index (χ4v) is 1.71.